The van der Waals surface area contributed by atoms with E-state index in [1.807, 2.05) is 31.2 Å². The molecule has 1 atom stereocenters. The van der Waals surface area contributed by atoms with Gasteiger partial charge in [-0.2, -0.15) is 0 Å². The van der Waals surface area contributed by atoms with E-state index in [1.165, 1.54) is 29.5 Å². The number of nitro benzene ring substituents is 1. The van der Waals surface area contributed by atoms with Gasteiger partial charge in [-0.05, 0) is 38.0 Å². The maximum atomic E-state index is 12.0. The summed E-state index contributed by atoms with van der Waals surface area (Å²) in [5.74, 6) is -0.489. The predicted octanol–water partition coefficient (Wildman–Crippen LogP) is 3.68. The second-order valence-electron chi connectivity index (χ2n) is 6.51. The number of esters is 1. The van der Waals surface area contributed by atoms with Crippen molar-refractivity contribution in [1.29, 1.82) is 0 Å². The van der Waals surface area contributed by atoms with Gasteiger partial charge in [-0.3, -0.25) is 19.7 Å². The molecule has 0 aromatic heterocycles. The van der Waals surface area contributed by atoms with Crippen molar-refractivity contribution in [3.05, 3.63) is 69.8 Å². The van der Waals surface area contributed by atoms with Crippen molar-refractivity contribution in [2.24, 2.45) is 0 Å². The first kappa shape index (κ1) is 22.4. The monoisotopic (exact) mass is 416 g/mol. The minimum atomic E-state index is -0.471. The topological polar surface area (TPSA) is 98.5 Å². The number of benzene rings is 2. The van der Waals surface area contributed by atoms with E-state index in [-0.39, 0.29) is 24.7 Å². The third-order valence-electron chi connectivity index (χ3n) is 4.12. The van der Waals surface area contributed by atoms with Crippen molar-refractivity contribution < 1.29 is 19.2 Å². The number of non-ortho nitro benzene ring substituents is 1. The summed E-state index contributed by atoms with van der Waals surface area (Å²) in [7, 11) is 0. The van der Waals surface area contributed by atoms with Gasteiger partial charge in [0.2, 0.25) is 5.91 Å². The van der Waals surface area contributed by atoms with E-state index in [4.69, 9.17) is 4.74 Å². The molecule has 0 heterocycles. The molecule has 2 aromatic rings. The van der Waals surface area contributed by atoms with Crippen molar-refractivity contribution in [3.63, 3.8) is 0 Å². The quantitative estimate of drug-likeness (QED) is 0.209. The Hall–Kier alpha value is -2.87. The molecule has 7 nitrogen and oxygen atoms in total. The second-order valence-corrected chi connectivity index (χ2v) is 7.93. The number of rotatable bonds is 10. The van der Waals surface area contributed by atoms with Crippen LogP contribution in [0.3, 0.4) is 0 Å². The Bertz CT molecular complexity index is 837. The van der Waals surface area contributed by atoms with Crippen molar-refractivity contribution >= 4 is 29.3 Å². The average Bonchev–Trinajstić information content (AvgIpc) is 2.71. The van der Waals surface area contributed by atoms with Crippen LogP contribution in [0.25, 0.3) is 0 Å². The van der Waals surface area contributed by atoms with E-state index in [0.717, 1.165) is 10.5 Å². The molecule has 0 spiro atoms. The van der Waals surface area contributed by atoms with Crippen LogP contribution in [0.4, 0.5) is 5.69 Å². The Labute approximate surface area is 174 Å². The molecule has 0 fully saturated rings. The minimum absolute atomic E-state index is 0.00250. The van der Waals surface area contributed by atoms with Crippen LogP contribution in [0, 0.1) is 17.0 Å². The highest BCUT2D eigenvalue weighted by atomic mass is 32.2. The van der Waals surface area contributed by atoms with E-state index >= 15 is 0 Å². The Morgan fingerprint density at radius 2 is 1.79 bits per heavy atom. The lowest BCUT2D eigenvalue weighted by molar-refractivity contribution is -0.384. The van der Waals surface area contributed by atoms with Crippen molar-refractivity contribution in [3.8, 4) is 0 Å². The highest BCUT2D eigenvalue weighted by Crippen LogP contribution is 2.25. The molecule has 0 radical (unpaired) electrons. The third-order valence-corrected chi connectivity index (χ3v) is 5.21. The lowest BCUT2D eigenvalue weighted by Gasteiger charge is -2.12. The van der Waals surface area contributed by atoms with Gasteiger partial charge < -0.3 is 10.1 Å². The number of amides is 1. The number of carbonyl (C=O) groups is 2. The molecule has 0 saturated heterocycles. The van der Waals surface area contributed by atoms with Crippen LogP contribution in [-0.2, 0) is 20.7 Å². The fraction of sp³-hybridized carbons (Fsp3) is 0.333. The number of thioether (sulfide) groups is 1. The van der Waals surface area contributed by atoms with Gasteiger partial charge in [0, 0.05) is 23.4 Å². The van der Waals surface area contributed by atoms with E-state index in [9.17, 15) is 19.7 Å². The Kier molecular flexibility index (Phi) is 8.67. The van der Waals surface area contributed by atoms with Crippen molar-refractivity contribution in [1.82, 2.24) is 5.32 Å². The van der Waals surface area contributed by atoms with E-state index < -0.39 is 16.1 Å². The smallest absolute Gasteiger partial charge is 0.319 e. The molecular weight excluding hydrogens is 392 g/mol. The van der Waals surface area contributed by atoms with Crippen LogP contribution in [0.1, 0.15) is 24.5 Å². The van der Waals surface area contributed by atoms with Gasteiger partial charge >= 0.3 is 5.97 Å². The Morgan fingerprint density at radius 1 is 1.14 bits per heavy atom. The molecule has 2 aromatic carbocycles. The first-order chi connectivity index (χ1) is 13.8. The van der Waals surface area contributed by atoms with E-state index in [0.29, 0.717) is 12.8 Å². The van der Waals surface area contributed by atoms with Gasteiger partial charge in [-0.25, -0.2) is 0 Å². The third kappa shape index (κ3) is 7.95. The lowest BCUT2D eigenvalue weighted by Crippen LogP contribution is -2.29. The van der Waals surface area contributed by atoms with Gasteiger partial charge in [0.1, 0.15) is 11.9 Å². The number of nitro groups is 1. The predicted molar refractivity (Wildman–Crippen MR) is 112 cm³/mol. The Morgan fingerprint density at radius 3 is 2.41 bits per heavy atom. The molecule has 2 rings (SSSR count). The van der Waals surface area contributed by atoms with Crippen LogP contribution in [-0.4, -0.2) is 35.2 Å². The standard InChI is InChI=1S/C21H24N2O5S/c1-15-3-5-17(6-4-15)7-12-20(24)22-13-14-28-21(25)16(2)29-19-10-8-18(9-11-19)23(26)27/h3-6,8-11,16H,7,12-14H2,1-2H3,(H,22,24). The molecule has 1 unspecified atom stereocenters. The molecule has 0 aliphatic carbocycles. The molecule has 0 aliphatic rings. The Balaban J connectivity index is 1.63. The molecule has 8 heteroatoms. The molecular formula is C21H24N2O5S. The first-order valence-electron chi connectivity index (χ1n) is 9.25. The number of hydrogen-bond donors (Lipinski definition) is 1. The SMILES string of the molecule is Cc1ccc(CCC(=O)NCCOC(=O)C(C)Sc2ccc([N+](=O)[O-])cc2)cc1. The summed E-state index contributed by atoms with van der Waals surface area (Å²) in [6, 6.07) is 14.0. The largest absolute Gasteiger partial charge is 0.463 e. The first-order valence-corrected chi connectivity index (χ1v) is 10.1. The molecule has 0 saturated carbocycles. The molecule has 29 heavy (non-hydrogen) atoms. The molecule has 1 N–H and O–H groups in total. The van der Waals surface area contributed by atoms with Gasteiger partial charge in [-0.15, -0.1) is 11.8 Å². The number of nitrogens with one attached hydrogen (secondary N) is 1. The normalized spacial score (nSPS) is 11.5. The van der Waals surface area contributed by atoms with Crippen molar-refractivity contribution in [2.75, 3.05) is 13.2 Å². The number of nitrogens with zero attached hydrogens (tertiary/aromatic N) is 1. The molecule has 154 valence electrons. The summed E-state index contributed by atoms with van der Waals surface area (Å²) in [5.41, 5.74) is 2.29. The average molecular weight is 416 g/mol. The summed E-state index contributed by atoms with van der Waals surface area (Å²) in [6.45, 7) is 4.07. The van der Waals surface area contributed by atoms with Crippen LogP contribution in [0.2, 0.25) is 0 Å². The van der Waals surface area contributed by atoms with Crippen LogP contribution in [0.15, 0.2) is 53.4 Å². The van der Waals surface area contributed by atoms with Crippen LogP contribution >= 0.6 is 11.8 Å². The second kappa shape index (κ2) is 11.2. The van der Waals surface area contributed by atoms with Crippen LogP contribution in [0.5, 0.6) is 0 Å². The highest BCUT2D eigenvalue weighted by molar-refractivity contribution is 8.00. The van der Waals surface area contributed by atoms with Gasteiger partial charge in [-0.1, -0.05) is 29.8 Å². The summed E-state index contributed by atoms with van der Waals surface area (Å²) in [6.07, 6.45) is 1.04. The number of carbonyl (C=O) groups excluding carboxylic acids is 2. The fourth-order valence-corrected chi connectivity index (χ4v) is 3.32. The number of ether oxygens (including phenoxy) is 1. The lowest BCUT2D eigenvalue weighted by atomic mass is 10.1. The zero-order valence-electron chi connectivity index (χ0n) is 16.4. The van der Waals surface area contributed by atoms with E-state index in [2.05, 4.69) is 5.32 Å². The highest BCUT2D eigenvalue weighted by Gasteiger charge is 2.16. The molecule has 1 amide bonds. The van der Waals surface area contributed by atoms with Gasteiger partial charge in [0.25, 0.3) is 5.69 Å². The van der Waals surface area contributed by atoms with Crippen LogP contribution < -0.4 is 5.32 Å². The molecule has 0 aliphatic heterocycles. The molecule has 0 bridgehead atoms. The number of aryl methyl sites for hydroxylation is 2. The van der Waals surface area contributed by atoms with Gasteiger partial charge in [0.05, 0.1) is 11.5 Å². The number of hydrogen-bond acceptors (Lipinski definition) is 6. The maximum absolute atomic E-state index is 12.0. The van der Waals surface area contributed by atoms with E-state index in [1.54, 1.807) is 19.1 Å². The van der Waals surface area contributed by atoms with Crippen molar-refractivity contribution in [2.45, 2.75) is 36.8 Å². The zero-order chi connectivity index (χ0) is 21.2. The zero-order valence-corrected chi connectivity index (χ0v) is 17.2. The van der Waals surface area contributed by atoms with Gasteiger partial charge in [0.15, 0.2) is 0 Å². The fourth-order valence-electron chi connectivity index (χ4n) is 2.46. The summed E-state index contributed by atoms with van der Waals surface area (Å²) >= 11 is 1.26. The summed E-state index contributed by atoms with van der Waals surface area (Å²) in [4.78, 5) is 34.8. The summed E-state index contributed by atoms with van der Waals surface area (Å²) in [5, 5.41) is 12.9. The maximum Gasteiger partial charge on any atom is 0.319 e. The summed E-state index contributed by atoms with van der Waals surface area (Å²) < 4.78 is 5.18. The minimum Gasteiger partial charge on any atom is -0.463 e.